The fraction of sp³-hybridized carbons (Fsp3) is 0.417. The Hall–Kier alpha value is -2.61. The predicted octanol–water partition coefficient (Wildman–Crippen LogP) is 2.13. The van der Waals surface area contributed by atoms with E-state index in [0.717, 1.165) is 43.0 Å². The van der Waals surface area contributed by atoms with Crippen molar-refractivity contribution in [2.45, 2.75) is 12.6 Å². The van der Waals surface area contributed by atoms with Gasteiger partial charge in [-0.1, -0.05) is 35.9 Å². The Balaban J connectivity index is 1.61. The van der Waals surface area contributed by atoms with Crippen LogP contribution in [0.25, 0.3) is 0 Å². The molecule has 7 nitrogen and oxygen atoms in total. The lowest BCUT2D eigenvalue weighted by Crippen LogP contribution is -2.49. The number of nitrogens with one attached hydrogen (secondary N) is 2. The van der Waals surface area contributed by atoms with Crippen LogP contribution in [0.3, 0.4) is 0 Å². The second kappa shape index (κ2) is 11.3. The quantitative estimate of drug-likeness (QED) is 0.623. The number of nitrogens with zero attached hydrogens (tertiary/aromatic N) is 3. The van der Waals surface area contributed by atoms with Gasteiger partial charge in [-0.3, -0.25) is 14.5 Å². The van der Waals surface area contributed by atoms with Crippen LogP contribution in [0.4, 0.5) is 5.69 Å². The smallest absolute Gasteiger partial charge is 0.309 e. The van der Waals surface area contributed by atoms with Gasteiger partial charge < -0.3 is 20.4 Å². The van der Waals surface area contributed by atoms with E-state index >= 15 is 0 Å². The lowest BCUT2D eigenvalue weighted by atomic mass is 10.0. The van der Waals surface area contributed by atoms with E-state index in [-0.39, 0.29) is 12.6 Å². The van der Waals surface area contributed by atoms with E-state index in [1.165, 1.54) is 0 Å². The molecular formula is C24H32ClN5O2. The molecule has 2 aromatic rings. The molecule has 2 amide bonds. The summed E-state index contributed by atoms with van der Waals surface area (Å²) in [5.74, 6) is -1.26. The zero-order valence-corrected chi connectivity index (χ0v) is 19.7. The fourth-order valence-corrected chi connectivity index (χ4v) is 3.85. The maximum Gasteiger partial charge on any atom is 0.309 e. The maximum atomic E-state index is 12.5. The van der Waals surface area contributed by atoms with Crippen molar-refractivity contribution in [1.29, 1.82) is 0 Å². The summed E-state index contributed by atoms with van der Waals surface area (Å²) in [6, 6.07) is 15.5. The van der Waals surface area contributed by atoms with Crippen LogP contribution in [0.1, 0.15) is 17.2 Å². The summed E-state index contributed by atoms with van der Waals surface area (Å²) in [6.07, 6.45) is 0. The highest BCUT2D eigenvalue weighted by atomic mass is 35.5. The number of amides is 2. The average molecular weight is 458 g/mol. The van der Waals surface area contributed by atoms with E-state index in [1.807, 2.05) is 26.2 Å². The average Bonchev–Trinajstić information content (AvgIpc) is 2.80. The number of anilines is 1. The summed E-state index contributed by atoms with van der Waals surface area (Å²) >= 11 is 5.88. The molecule has 1 saturated heterocycles. The van der Waals surface area contributed by atoms with Crippen LogP contribution in [-0.4, -0.2) is 75.5 Å². The highest BCUT2D eigenvalue weighted by Crippen LogP contribution is 2.24. The number of hydrogen-bond donors (Lipinski definition) is 2. The molecule has 3 rings (SSSR count). The Labute approximate surface area is 195 Å². The van der Waals surface area contributed by atoms with E-state index in [9.17, 15) is 9.59 Å². The van der Waals surface area contributed by atoms with Gasteiger partial charge in [0.05, 0.1) is 6.04 Å². The molecular weight excluding hydrogens is 426 g/mol. The molecule has 0 aliphatic carbocycles. The van der Waals surface area contributed by atoms with Crippen molar-refractivity contribution >= 4 is 29.1 Å². The summed E-state index contributed by atoms with van der Waals surface area (Å²) in [5.41, 5.74) is 3.13. The third-order valence-electron chi connectivity index (χ3n) is 5.80. The monoisotopic (exact) mass is 457 g/mol. The number of benzene rings is 2. The van der Waals surface area contributed by atoms with Gasteiger partial charge in [0, 0.05) is 64.1 Å². The summed E-state index contributed by atoms with van der Waals surface area (Å²) in [7, 11) is 6.14. The topological polar surface area (TPSA) is 67.9 Å². The van der Waals surface area contributed by atoms with Gasteiger partial charge in [-0.05, 0) is 42.4 Å². The van der Waals surface area contributed by atoms with Gasteiger partial charge in [-0.2, -0.15) is 0 Å². The van der Waals surface area contributed by atoms with Gasteiger partial charge in [-0.25, -0.2) is 0 Å². The van der Waals surface area contributed by atoms with Crippen molar-refractivity contribution in [3.63, 3.8) is 0 Å². The first-order valence-electron chi connectivity index (χ1n) is 10.8. The fourth-order valence-electron chi connectivity index (χ4n) is 3.72. The van der Waals surface area contributed by atoms with Crippen LogP contribution in [-0.2, 0) is 16.1 Å². The van der Waals surface area contributed by atoms with E-state index in [1.54, 1.807) is 12.1 Å². The van der Waals surface area contributed by atoms with Gasteiger partial charge in [0.1, 0.15) is 0 Å². The van der Waals surface area contributed by atoms with Crippen molar-refractivity contribution in [3.05, 3.63) is 64.7 Å². The lowest BCUT2D eigenvalue weighted by molar-refractivity contribution is -0.139. The molecule has 1 aliphatic heterocycles. The maximum absolute atomic E-state index is 12.5. The summed E-state index contributed by atoms with van der Waals surface area (Å²) in [6.45, 7) is 4.42. The Bertz CT molecular complexity index is 894. The van der Waals surface area contributed by atoms with Crippen LogP contribution >= 0.6 is 11.6 Å². The number of halogens is 1. The Morgan fingerprint density at radius 1 is 0.938 bits per heavy atom. The number of carbonyl (C=O) groups excluding carboxylic acids is 2. The Morgan fingerprint density at radius 3 is 2.12 bits per heavy atom. The number of rotatable bonds is 7. The molecule has 172 valence electrons. The zero-order valence-electron chi connectivity index (χ0n) is 19.0. The molecule has 1 heterocycles. The number of carbonyl (C=O) groups is 2. The molecule has 2 N–H and O–H groups in total. The second-order valence-electron chi connectivity index (χ2n) is 8.36. The molecule has 8 heteroatoms. The van der Waals surface area contributed by atoms with Crippen molar-refractivity contribution in [2.24, 2.45) is 0 Å². The van der Waals surface area contributed by atoms with Crippen molar-refractivity contribution in [3.8, 4) is 0 Å². The van der Waals surface area contributed by atoms with E-state index < -0.39 is 11.8 Å². The molecule has 1 atom stereocenters. The first-order chi connectivity index (χ1) is 15.3. The number of hydrogen-bond acceptors (Lipinski definition) is 5. The molecule has 0 spiro atoms. The Morgan fingerprint density at radius 2 is 1.53 bits per heavy atom. The van der Waals surface area contributed by atoms with Crippen LogP contribution in [0.15, 0.2) is 48.5 Å². The molecule has 2 aromatic carbocycles. The summed E-state index contributed by atoms with van der Waals surface area (Å²) in [4.78, 5) is 31.5. The van der Waals surface area contributed by atoms with Gasteiger partial charge in [0.25, 0.3) is 0 Å². The lowest BCUT2D eigenvalue weighted by Gasteiger charge is -2.38. The SMILES string of the molecule is CN1CCN([C@@H](CNC(=O)C(=O)NCc2ccc(Cl)cc2)c2ccc(N(C)C)cc2)CC1. The first-order valence-corrected chi connectivity index (χ1v) is 11.2. The standard InChI is InChI=1S/C24H32ClN5O2/c1-28(2)21-10-6-19(7-11-21)22(30-14-12-29(3)13-15-30)17-27-24(32)23(31)26-16-18-4-8-20(25)9-5-18/h4-11,22H,12-17H2,1-3H3,(H,26,31)(H,27,32)/t22-/m0/s1. The van der Waals surface area contributed by atoms with E-state index in [4.69, 9.17) is 11.6 Å². The van der Waals surface area contributed by atoms with E-state index in [2.05, 4.69) is 56.6 Å². The minimum atomic E-state index is -0.639. The molecule has 1 aliphatic rings. The van der Waals surface area contributed by atoms with E-state index in [0.29, 0.717) is 11.6 Å². The van der Waals surface area contributed by atoms with Crippen molar-refractivity contribution < 1.29 is 9.59 Å². The third kappa shape index (κ3) is 6.69. The zero-order chi connectivity index (χ0) is 23.1. The molecule has 0 saturated carbocycles. The molecule has 0 unspecified atom stereocenters. The van der Waals surface area contributed by atoms with Gasteiger partial charge in [-0.15, -0.1) is 0 Å². The highest BCUT2D eigenvalue weighted by molar-refractivity contribution is 6.35. The summed E-state index contributed by atoms with van der Waals surface area (Å²) in [5, 5.41) is 6.13. The largest absolute Gasteiger partial charge is 0.378 e. The van der Waals surface area contributed by atoms with Crippen LogP contribution < -0.4 is 15.5 Å². The molecule has 0 aromatic heterocycles. The predicted molar refractivity (Wildman–Crippen MR) is 129 cm³/mol. The number of likely N-dealkylation sites (N-methyl/N-ethyl adjacent to an activating group) is 1. The molecule has 0 radical (unpaired) electrons. The molecule has 32 heavy (non-hydrogen) atoms. The molecule has 0 bridgehead atoms. The summed E-state index contributed by atoms with van der Waals surface area (Å²) < 4.78 is 0. The molecule has 1 fully saturated rings. The highest BCUT2D eigenvalue weighted by Gasteiger charge is 2.25. The van der Waals surface area contributed by atoms with Crippen molar-refractivity contribution in [2.75, 3.05) is 58.8 Å². The van der Waals surface area contributed by atoms with Crippen LogP contribution in [0.2, 0.25) is 5.02 Å². The first kappa shape index (κ1) is 24.0. The second-order valence-corrected chi connectivity index (χ2v) is 8.80. The third-order valence-corrected chi connectivity index (χ3v) is 6.05. The van der Waals surface area contributed by atoms with Crippen molar-refractivity contribution in [1.82, 2.24) is 20.4 Å². The number of piperazine rings is 1. The Kier molecular flexibility index (Phi) is 8.50. The van der Waals surface area contributed by atoms with Crippen LogP contribution in [0.5, 0.6) is 0 Å². The van der Waals surface area contributed by atoms with Gasteiger partial charge in [0.15, 0.2) is 0 Å². The van der Waals surface area contributed by atoms with Crippen LogP contribution in [0, 0.1) is 0 Å². The minimum absolute atomic E-state index is 0.00734. The normalized spacial score (nSPS) is 15.8. The van der Waals surface area contributed by atoms with Gasteiger partial charge >= 0.3 is 11.8 Å². The minimum Gasteiger partial charge on any atom is -0.378 e. The van der Waals surface area contributed by atoms with Gasteiger partial charge in [0.2, 0.25) is 0 Å².